The molecule has 3 aromatic rings. The molecule has 3 rings (SSSR count). The van der Waals surface area contributed by atoms with E-state index in [0.29, 0.717) is 6.61 Å². The lowest BCUT2D eigenvalue weighted by atomic mass is 10.1. The van der Waals surface area contributed by atoms with Gasteiger partial charge in [0.25, 0.3) is 0 Å². The van der Waals surface area contributed by atoms with Crippen molar-refractivity contribution in [3.8, 4) is 5.75 Å². The molecule has 0 heterocycles. The lowest BCUT2D eigenvalue weighted by Gasteiger charge is -2.09. The second-order valence-electron chi connectivity index (χ2n) is 4.87. The molecule has 0 unspecified atom stereocenters. The van der Waals surface area contributed by atoms with E-state index in [0.717, 1.165) is 10.2 Å². The van der Waals surface area contributed by atoms with Crippen molar-refractivity contribution in [1.29, 1.82) is 0 Å². The van der Waals surface area contributed by atoms with Gasteiger partial charge in [0.2, 0.25) is 0 Å². The van der Waals surface area contributed by atoms with Crippen LogP contribution in [0.5, 0.6) is 5.75 Å². The number of hydrogen-bond donors (Lipinski definition) is 0. The molecule has 0 saturated heterocycles. The highest BCUT2D eigenvalue weighted by molar-refractivity contribution is 9.10. The van der Waals surface area contributed by atoms with E-state index in [2.05, 4.69) is 59.3 Å². The third-order valence-corrected chi connectivity index (χ3v) is 3.92. The predicted molar refractivity (Wildman–Crippen MR) is 87.2 cm³/mol. The average molecular weight is 327 g/mol. The van der Waals surface area contributed by atoms with Gasteiger partial charge < -0.3 is 4.74 Å². The van der Waals surface area contributed by atoms with Crippen molar-refractivity contribution in [2.24, 2.45) is 0 Å². The summed E-state index contributed by atoms with van der Waals surface area (Å²) in [7, 11) is 0. The van der Waals surface area contributed by atoms with Crippen LogP contribution in [0.15, 0.2) is 65.1 Å². The minimum absolute atomic E-state index is 0.606. The van der Waals surface area contributed by atoms with Crippen molar-refractivity contribution in [3.63, 3.8) is 0 Å². The van der Waals surface area contributed by atoms with Gasteiger partial charge in [-0.3, -0.25) is 0 Å². The monoisotopic (exact) mass is 326 g/mol. The van der Waals surface area contributed by atoms with Crippen LogP contribution in [-0.4, -0.2) is 0 Å². The molecular weight excluding hydrogens is 312 g/mol. The van der Waals surface area contributed by atoms with Crippen LogP contribution < -0.4 is 4.74 Å². The van der Waals surface area contributed by atoms with Gasteiger partial charge in [0, 0.05) is 4.47 Å². The molecule has 0 N–H and O–H groups in total. The van der Waals surface area contributed by atoms with Crippen molar-refractivity contribution in [2.45, 2.75) is 13.5 Å². The van der Waals surface area contributed by atoms with E-state index in [1.54, 1.807) is 0 Å². The lowest BCUT2D eigenvalue weighted by Crippen LogP contribution is -1.97. The van der Waals surface area contributed by atoms with Crippen LogP contribution in [0.1, 0.15) is 11.1 Å². The Bertz CT molecular complexity index is 749. The summed E-state index contributed by atoms with van der Waals surface area (Å²) in [6.45, 7) is 2.71. The summed E-state index contributed by atoms with van der Waals surface area (Å²) in [6.07, 6.45) is 0. The second-order valence-corrected chi connectivity index (χ2v) is 5.78. The molecule has 0 atom stereocenters. The smallest absolute Gasteiger partial charge is 0.120 e. The molecule has 0 radical (unpaired) electrons. The van der Waals surface area contributed by atoms with E-state index >= 15 is 0 Å². The Hall–Kier alpha value is -1.80. The summed E-state index contributed by atoms with van der Waals surface area (Å²) >= 11 is 3.49. The molecular formula is C18H15BrO. The van der Waals surface area contributed by atoms with Crippen molar-refractivity contribution in [1.82, 2.24) is 0 Å². The number of hydrogen-bond acceptors (Lipinski definition) is 1. The Morgan fingerprint density at radius 3 is 2.50 bits per heavy atom. The number of fused-ring (bicyclic) bond motifs is 1. The fourth-order valence-electron chi connectivity index (χ4n) is 2.22. The van der Waals surface area contributed by atoms with E-state index in [4.69, 9.17) is 4.74 Å². The van der Waals surface area contributed by atoms with Crippen LogP contribution in [0.25, 0.3) is 10.8 Å². The molecule has 0 saturated carbocycles. The standard InChI is InChI=1S/C18H15BrO/c1-13-4-2-3-5-16(13)12-20-18-9-7-14-10-17(19)8-6-15(14)11-18/h2-11H,12H2,1H3. The van der Waals surface area contributed by atoms with E-state index in [1.165, 1.54) is 21.9 Å². The minimum atomic E-state index is 0.606. The number of aryl methyl sites for hydroxylation is 1. The van der Waals surface area contributed by atoms with Crippen molar-refractivity contribution >= 4 is 26.7 Å². The first-order valence-electron chi connectivity index (χ1n) is 6.59. The molecule has 2 heteroatoms. The third-order valence-electron chi connectivity index (χ3n) is 3.43. The topological polar surface area (TPSA) is 9.23 Å². The zero-order valence-corrected chi connectivity index (χ0v) is 12.9. The Kier molecular flexibility index (Phi) is 3.75. The van der Waals surface area contributed by atoms with Crippen LogP contribution in [0.3, 0.4) is 0 Å². The summed E-state index contributed by atoms with van der Waals surface area (Å²) in [6, 6.07) is 20.8. The van der Waals surface area contributed by atoms with Crippen molar-refractivity contribution < 1.29 is 4.74 Å². The maximum atomic E-state index is 5.90. The molecule has 0 aliphatic heterocycles. The average Bonchev–Trinajstić information content (AvgIpc) is 2.46. The van der Waals surface area contributed by atoms with Crippen LogP contribution in [0.4, 0.5) is 0 Å². The number of rotatable bonds is 3. The highest BCUT2D eigenvalue weighted by Crippen LogP contribution is 2.24. The predicted octanol–water partition coefficient (Wildman–Crippen LogP) is 5.49. The quantitative estimate of drug-likeness (QED) is 0.618. The Morgan fingerprint density at radius 2 is 1.65 bits per heavy atom. The van der Waals surface area contributed by atoms with Gasteiger partial charge in [0.15, 0.2) is 0 Å². The molecule has 0 spiro atoms. The highest BCUT2D eigenvalue weighted by Gasteiger charge is 2.01. The minimum Gasteiger partial charge on any atom is -0.489 e. The lowest BCUT2D eigenvalue weighted by molar-refractivity contribution is 0.306. The van der Waals surface area contributed by atoms with Gasteiger partial charge in [-0.05, 0) is 53.1 Å². The number of ether oxygens (including phenoxy) is 1. The summed E-state index contributed by atoms with van der Waals surface area (Å²) in [5.74, 6) is 0.906. The summed E-state index contributed by atoms with van der Waals surface area (Å²) < 4.78 is 7.00. The van der Waals surface area contributed by atoms with Crippen molar-refractivity contribution in [2.75, 3.05) is 0 Å². The normalized spacial score (nSPS) is 10.7. The molecule has 1 nitrogen and oxygen atoms in total. The molecule has 0 aliphatic rings. The van der Waals surface area contributed by atoms with Crippen molar-refractivity contribution in [3.05, 3.63) is 76.3 Å². The summed E-state index contributed by atoms with van der Waals surface area (Å²) in [5, 5.41) is 2.40. The maximum Gasteiger partial charge on any atom is 0.120 e. The maximum absolute atomic E-state index is 5.90. The zero-order valence-electron chi connectivity index (χ0n) is 11.3. The molecule has 0 aromatic heterocycles. The first-order chi connectivity index (χ1) is 9.72. The molecule has 20 heavy (non-hydrogen) atoms. The second kappa shape index (κ2) is 5.68. The molecule has 0 bridgehead atoms. The van der Waals surface area contributed by atoms with Gasteiger partial charge in [-0.15, -0.1) is 0 Å². The van der Waals surface area contributed by atoms with Gasteiger partial charge in [-0.1, -0.05) is 52.3 Å². The van der Waals surface area contributed by atoms with Gasteiger partial charge in [-0.2, -0.15) is 0 Å². The van der Waals surface area contributed by atoms with Crippen LogP contribution in [-0.2, 0) is 6.61 Å². The van der Waals surface area contributed by atoms with Crippen LogP contribution >= 0.6 is 15.9 Å². The molecule has 3 aromatic carbocycles. The van der Waals surface area contributed by atoms with E-state index < -0.39 is 0 Å². The highest BCUT2D eigenvalue weighted by atomic mass is 79.9. The first kappa shape index (κ1) is 13.2. The Balaban J connectivity index is 1.81. The third kappa shape index (κ3) is 2.86. The fraction of sp³-hybridized carbons (Fsp3) is 0.111. The molecule has 0 aliphatic carbocycles. The summed E-state index contributed by atoms with van der Waals surface area (Å²) in [5.41, 5.74) is 2.49. The van der Waals surface area contributed by atoms with Gasteiger partial charge in [-0.25, -0.2) is 0 Å². The Morgan fingerprint density at radius 1 is 0.900 bits per heavy atom. The van der Waals surface area contributed by atoms with E-state index in [1.807, 2.05) is 24.3 Å². The SMILES string of the molecule is Cc1ccccc1COc1ccc2cc(Br)ccc2c1. The van der Waals surface area contributed by atoms with Crippen LogP contribution in [0, 0.1) is 6.92 Å². The van der Waals surface area contributed by atoms with Gasteiger partial charge in [0.05, 0.1) is 0 Å². The number of halogens is 1. The summed E-state index contributed by atoms with van der Waals surface area (Å²) in [4.78, 5) is 0. The van der Waals surface area contributed by atoms with Gasteiger partial charge >= 0.3 is 0 Å². The molecule has 0 fully saturated rings. The largest absolute Gasteiger partial charge is 0.489 e. The molecule has 100 valence electrons. The Labute approximate surface area is 127 Å². The fourth-order valence-corrected chi connectivity index (χ4v) is 2.60. The van der Waals surface area contributed by atoms with E-state index in [9.17, 15) is 0 Å². The van der Waals surface area contributed by atoms with E-state index in [-0.39, 0.29) is 0 Å². The van der Waals surface area contributed by atoms with Gasteiger partial charge in [0.1, 0.15) is 12.4 Å². The zero-order chi connectivity index (χ0) is 13.9. The van der Waals surface area contributed by atoms with Crippen LogP contribution in [0.2, 0.25) is 0 Å². The first-order valence-corrected chi connectivity index (χ1v) is 7.38. The number of benzene rings is 3. The molecule has 0 amide bonds.